The number of anilines is 2. The third kappa shape index (κ3) is 6.47. The minimum absolute atomic E-state index is 0.0351. The molecule has 1 aromatic carbocycles. The predicted octanol–water partition coefficient (Wildman–Crippen LogP) is 4.89. The monoisotopic (exact) mass is 602 g/mol. The number of rotatable bonds is 9. The van der Waals surface area contributed by atoms with Crippen molar-refractivity contribution in [2.45, 2.75) is 52.5 Å². The van der Waals surface area contributed by atoms with Crippen LogP contribution >= 0.6 is 0 Å². The summed E-state index contributed by atoms with van der Waals surface area (Å²) in [4.78, 5) is 31.2. The van der Waals surface area contributed by atoms with Gasteiger partial charge in [-0.1, -0.05) is 6.07 Å². The van der Waals surface area contributed by atoms with Gasteiger partial charge in [-0.25, -0.2) is 14.4 Å². The van der Waals surface area contributed by atoms with E-state index in [4.69, 9.17) is 4.74 Å². The summed E-state index contributed by atoms with van der Waals surface area (Å²) in [5.41, 5.74) is 0.445. The van der Waals surface area contributed by atoms with Crippen molar-refractivity contribution in [3.63, 3.8) is 0 Å². The lowest BCUT2D eigenvalue weighted by atomic mass is 9.66. The molecule has 0 atom stereocenters. The molecule has 1 saturated carbocycles. The molecule has 0 bridgehead atoms. The Morgan fingerprint density at radius 2 is 1.84 bits per heavy atom. The number of hydrogen-bond donors (Lipinski definition) is 0. The number of amides is 1. The second-order valence-electron chi connectivity index (χ2n) is 12.8. The number of hydrogen-bond acceptors (Lipinski definition) is 9. The molecule has 1 aliphatic carbocycles. The molecule has 234 valence electrons. The van der Waals surface area contributed by atoms with E-state index in [9.17, 15) is 9.18 Å². The highest BCUT2D eigenvalue weighted by atomic mass is 19.1. The van der Waals surface area contributed by atoms with E-state index in [0.717, 1.165) is 51.0 Å². The van der Waals surface area contributed by atoms with Crippen LogP contribution in [0, 0.1) is 17.2 Å². The van der Waals surface area contributed by atoms with Gasteiger partial charge in [-0.2, -0.15) is 0 Å². The fourth-order valence-corrected chi connectivity index (χ4v) is 7.07. The van der Waals surface area contributed by atoms with Gasteiger partial charge in [-0.05, 0) is 82.7 Å². The third-order valence-corrected chi connectivity index (χ3v) is 9.55. The van der Waals surface area contributed by atoms with Crippen LogP contribution in [0.1, 0.15) is 56.8 Å². The first-order valence-corrected chi connectivity index (χ1v) is 15.9. The Morgan fingerprint density at radius 3 is 2.52 bits per heavy atom. The largest absolute Gasteiger partial charge is 0.434 e. The summed E-state index contributed by atoms with van der Waals surface area (Å²) in [6, 6.07) is 10.1. The molecule has 6 rings (SSSR count). The van der Waals surface area contributed by atoms with Gasteiger partial charge in [0.2, 0.25) is 0 Å². The third-order valence-electron chi connectivity index (χ3n) is 9.55. The molecule has 2 aromatic heterocycles. The maximum absolute atomic E-state index is 14.2. The molecule has 2 saturated heterocycles. The van der Waals surface area contributed by atoms with Crippen molar-refractivity contribution in [2.75, 3.05) is 62.2 Å². The summed E-state index contributed by atoms with van der Waals surface area (Å²) in [7, 11) is 0. The minimum atomic E-state index is -0.495. The standard InChI is InChI=1S/C33H43FN8O2/c1-4-42(24(2)3)32(43)27-19-26(34)8-9-28(27)44-31-30(36-23-37-38-31)41-21-33(22-41)12-10-25(11-13-33)20-39-15-17-40(18-16-39)29-7-5-6-14-35-29/h5-9,14,19,23-25H,4,10-13,15-18,20-22H2,1-3H3. The van der Waals surface area contributed by atoms with Crippen molar-refractivity contribution < 1.29 is 13.9 Å². The smallest absolute Gasteiger partial charge is 0.282 e. The summed E-state index contributed by atoms with van der Waals surface area (Å²) in [6.45, 7) is 13.5. The Kier molecular flexibility index (Phi) is 8.93. The Morgan fingerprint density at radius 1 is 1.07 bits per heavy atom. The zero-order valence-electron chi connectivity index (χ0n) is 26.0. The molecule has 2 aliphatic heterocycles. The Hall–Kier alpha value is -3.86. The summed E-state index contributed by atoms with van der Waals surface area (Å²) in [5.74, 6) is 2.12. The number of pyridine rings is 1. The van der Waals surface area contributed by atoms with Crippen molar-refractivity contribution in [2.24, 2.45) is 11.3 Å². The van der Waals surface area contributed by atoms with E-state index in [1.54, 1.807) is 4.90 Å². The van der Waals surface area contributed by atoms with Crippen LogP contribution in [-0.2, 0) is 0 Å². The topological polar surface area (TPSA) is 90.8 Å². The van der Waals surface area contributed by atoms with E-state index < -0.39 is 5.82 Å². The second-order valence-corrected chi connectivity index (χ2v) is 12.8. The summed E-state index contributed by atoms with van der Waals surface area (Å²) in [5, 5.41) is 8.18. The zero-order chi connectivity index (χ0) is 30.7. The molecule has 1 amide bonds. The Balaban J connectivity index is 1.04. The predicted molar refractivity (Wildman–Crippen MR) is 168 cm³/mol. The van der Waals surface area contributed by atoms with Crippen LogP contribution in [0.15, 0.2) is 48.9 Å². The van der Waals surface area contributed by atoms with Crippen molar-refractivity contribution in [1.29, 1.82) is 0 Å². The average Bonchev–Trinajstić information content (AvgIpc) is 3.02. The van der Waals surface area contributed by atoms with Crippen LogP contribution in [0.2, 0.25) is 0 Å². The van der Waals surface area contributed by atoms with Gasteiger partial charge < -0.3 is 19.4 Å². The molecule has 3 aliphatic rings. The lowest BCUT2D eigenvalue weighted by Crippen LogP contribution is -2.58. The van der Waals surface area contributed by atoms with Crippen LogP contribution in [-0.4, -0.2) is 94.3 Å². The fraction of sp³-hybridized carbons (Fsp3) is 0.545. The van der Waals surface area contributed by atoms with E-state index >= 15 is 0 Å². The molecule has 4 heterocycles. The normalized spacial score (nSPS) is 18.8. The molecule has 44 heavy (non-hydrogen) atoms. The lowest BCUT2D eigenvalue weighted by molar-refractivity contribution is 0.0713. The number of nitrogens with zero attached hydrogens (tertiary/aromatic N) is 8. The quantitative estimate of drug-likeness (QED) is 0.340. The minimum Gasteiger partial charge on any atom is -0.434 e. The molecular formula is C33H43FN8O2. The van der Waals surface area contributed by atoms with Gasteiger partial charge in [0.15, 0.2) is 5.82 Å². The molecule has 3 aromatic rings. The highest BCUT2D eigenvalue weighted by Gasteiger charge is 2.46. The van der Waals surface area contributed by atoms with E-state index in [-0.39, 0.29) is 34.6 Å². The molecule has 0 unspecified atom stereocenters. The highest BCUT2D eigenvalue weighted by Crippen LogP contribution is 2.48. The number of ether oxygens (including phenoxy) is 1. The van der Waals surface area contributed by atoms with Gasteiger partial charge in [-0.3, -0.25) is 9.69 Å². The fourth-order valence-electron chi connectivity index (χ4n) is 7.07. The van der Waals surface area contributed by atoms with Gasteiger partial charge in [0.05, 0.1) is 5.56 Å². The van der Waals surface area contributed by atoms with Crippen molar-refractivity contribution in [3.05, 3.63) is 60.3 Å². The maximum atomic E-state index is 14.2. The number of halogens is 1. The van der Waals surface area contributed by atoms with Gasteiger partial charge in [0.25, 0.3) is 11.8 Å². The Bertz CT molecular complexity index is 1420. The Labute approximate surface area is 259 Å². The number of benzene rings is 1. The zero-order valence-corrected chi connectivity index (χ0v) is 26.0. The summed E-state index contributed by atoms with van der Waals surface area (Å²) >= 11 is 0. The number of aromatic nitrogens is 4. The van der Waals surface area contributed by atoms with Crippen molar-refractivity contribution in [3.8, 4) is 11.6 Å². The molecule has 1 spiro atoms. The highest BCUT2D eigenvalue weighted by molar-refractivity contribution is 5.97. The summed E-state index contributed by atoms with van der Waals surface area (Å²) in [6.07, 6.45) is 8.18. The molecular weight excluding hydrogens is 559 g/mol. The van der Waals surface area contributed by atoms with E-state index in [1.165, 1.54) is 56.8 Å². The van der Waals surface area contributed by atoms with E-state index in [0.29, 0.717) is 12.4 Å². The molecule has 3 fully saturated rings. The van der Waals surface area contributed by atoms with Crippen molar-refractivity contribution in [1.82, 2.24) is 30.0 Å². The van der Waals surface area contributed by atoms with Crippen LogP contribution < -0.4 is 14.5 Å². The van der Waals surface area contributed by atoms with Gasteiger partial charge >= 0.3 is 0 Å². The van der Waals surface area contributed by atoms with E-state index in [1.807, 2.05) is 33.0 Å². The molecule has 11 heteroatoms. The van der Waals surface area contributed by atoms with Crippen LogP contribution in [0.4, 0.5) is 16.0 Å². The first kappa shape index (κ1) is 30.2. The first-order chi connectivity index (χ1) is 21.3. The second kappa shape index (κ2) is 13.0. The summed E-state index contributed by atoms with van der Waals surface area (Å²) < 4.78 is 20.4. The van der Waals surface area contributed by atoms with Gasteiger partial charge in [-0.15, -0.1) is 10.2 Å². The number of piperazine rings is 1. The molecule has 10 nitrogen and oxygen atoms in total. The lowest BCUT2D eigenvalue weighted by Gasteiger charge is -2.54. The SMILES string of the molecule is CCN(C(=O)c1cc(F)ccc1Oc1nncnc1N1CC2(CCC(CN3CCN(c4ccccn4)CC3)CC2)C1)C(C)C. The van der Waals surface area contributed by atoms with Crippen LogP contribution in [0.25, 0.3) is 0 Å². The van der Waals surface area contributed by atoms with Crippen LogP contribution in [0.5, 0.6) is 11.6 Å². The average molecular weight is 603 g/mol. The van der Waals surface area contributed by atoms with Gasteiger partial charge in [0, 0.05) is 70.0 Å². The molecule has 0 N–H and O–H groups in total. The van der Waals surface area contributed by atoms with E-state index in [2.05, 4.69) is 47.0 Å². The van der Waals surface area contributed by atoms with Crippen LogP contribution in [0.3, 0.4) is 0 Å². The first-order valence-electron chi connectivity index (χ1n) is 15.9. The number of carbonyl (C=O) groups is 1. The maximum Gasteiger partial charge on any atom is 0.282 e. The molecule has 0 radical (unpaired) electrons. The number of carbonyl (C=O) groups excluding carboxylic acids is 1. The van der Waals surface area contributed by atoms with Crippen molar-refractivity contribution >= 4 is 17.5 Å². The van der Waals surface area contributed by atoms with Gasteiger partial charge in [0.1, 0.15) is 23.7 Å².